The van der Waals surface area contributed by atoms with E-state index in [0.29, 0.717) is 25.7 Å². The number of unbranched alkanes of at least 4 members (excludes halogenated alkanes) is 4. The van der Waals surface area contributed by atoms with Crippen LogP contribution in [0, 0.1) is 17.8 Å². The lowest BCUT2D eigenvalue weighted by atomic mass is 9.80. The SMILES string of the molecule is CCCCCCC(C)C(O)[C@@H]1C(O)CC(O)[C@H]1CC=CCCCC(=O)O. The molecule has 0 aromatic heterocycles. The van der Waals surface area contributed by atoms with Crippen LogP contribution in [0.5, 0.6) is 0 Å². The Morgan fingerprint density at radius 2 is 1.85 bits per heavy atom. The molecular formula is C21H38O5. The van der Waals surface area contributed by atoms with Crippen LogP contribution in [0.4, 0.5) is 0 Å². The lowest BCUT2D eigenvalue weighted by Crippen LogP contribution is -2.37. The van der Waals surface area contributed by atoms with Crippen LogP contribution >= 0.6 is 0 Å². The fraction of sp³-hybridized carbons (Fsp3) is 0.857. The third-order valence-corrected chi connectivity index (χ3v) is 5.74. The fourth-order valence-electron chi connectivity index (χ4n) is 4.10. The second-order valence-corrected chi connectivity index (χ2v) is 7.92. The Kier molecular flexibility index (Phi) is 11.1. The Labute approximate surface area is 158 Å². The number of aliphatic carboxylic acids is 1. The van der Waals surface area contributed by atoms with Crippen molar-refractivity contribution < 1.29 is 25.2 Å². The summed E-state index contributed by atoms with van der Waals surface area (Å²) in [5.41, 5.74) is 0. The molecule has 1 saturated carbocycles. The number of carboxylic acid groups (broad SMARTS) is 1. The van der Waals surface area contributed by atoms with Crippen LogP contribution in [-0.4, -0.2) is 44.7 Å². The number of hydrogen-bond acceptors (Lipinski definition) is 4. The molecule has 0 aliphatic heterocycles. The summed E-state index contributed by atoms with van der Waals surface area (Å²) in [7, 11) is 0. The number of rotatable bonds is 13. The number of aliphatic hydroxyl groups excluding tert-OH is 3. The highest BCUT2D eigenvalue weighted by molar-refractivity contribution is 5.66. The minimum Gasteiger partial charge on any atom is -0.481 e. The van der Waals surface area contributed by atoms with E-state index in [-0.39, 0.29) is 24.2 Å². The summed E-state index contributed by atoms with van der Waals surface area (Å²) in [6.07, 6.45) is 10.0. The summed E-state index contributed by atoms with van der Waals surface area (Å²) >= 11 is 0. The number of carboxylic acids is 1. The van der Waals surface area contributed by atoms with Gasteiger partial charge in [0.1, 0.15) is 0 Å². The molecule has 6 atom stereocenters. The Hall–Kier alpha value is -0.910. The Bertz CT molecular complexity index is 423. The van der Waals surface area contributed by atoms with Crippen LogP contribution in [0.3, 0.4) is 0 Å². The minimum absolute atomic E-state index is 0.110. The van der Waals surface area contributed by atoms with Crippen LogP contribution < -0.4 is 0 Å². The van der Waals surface area contributed by atoms with Gasteiger partial charge in [0.05, 0.1) is 18.3 Å². The second kappa shape index (κ2) is 12.5. The van der Waals surface area contributed by atoms with E-state index in [1.165, 1.54) is 19.3 Å². The van der Waals surface area contributed by atoms with Crippen molar-refractivity contribution in [2.24, 2.45) is 17.8 Å². The second-order valence-electron chi connectivity index (χ2n) is 7.92. The zero-order chi connectivity index (χ0) is 19.5. The highest BCUT2D eigenvalue weighted by atomic mass is 16.4. The third-order valence-electron chi connectivity index (χ3n) is 5.74. The fourth-order valence-corrected chi connectivity index (χ4v) is 4.10. The monoisotopic (exact) mass is 370 g/mol. The van der Waals surface area contributed by atoms with Crippen molar-refractivity contribution in [1.82, 2.24) is 0 Å². The summed E-state index contributed by atoms with van der Waals surface area (Å²) in [6, 6.07) is 0. The van der Waals surface area contributed by atoms with Crippen LogP contribution in [-0.2, 0) is 4.79 Å². The van der Waals surface area contributed by atoms with E-state index >= 15 is 0 Å². The first-order valence-corrected chi connectivity index (χ1v) is 10.3. The lowest BCUT2D eigenvalue weighted by Gasteiger charge is -2.31. The van der Waals surface area contributed by atoms with E-state index in [1.54, 1.807) is 0 Å². The molecule has 5 heteroatoms. The zero-order valence-corrected chi connectivity index (χ0v) is 16.4. The summed E-state index contributed by atoms with van der Waals surface area (Å²) in [6.45, 7) is 4.21. The normalized spacial score (nSPS) is 28.5. The van der Waals surface area contributed by atoms with Gasteiger partial charge in [0.25, 0.3) is 0 Å². The Morgan fingerprint density at radius 3 is 2.50 bits per heavy atom. The van der Waals surface area contributed by atoms with Gasteiger partial charge in [-0.3, -0.25) is 4.79 Å². The van der Waals surface area contributed by atoms with Crippen molar-refractivity contribution in [3.63, 3.8) is 0 Å². The molecule has 0 amide bonds. The highest BCUT2D eigenvalue weighted by Crippen LogP contribution is 2.40. The standard InChI is InChI=1S/C21H38O5/c1-3-4-5-8-11-15(2)21(26)20-16(17(22)14-18(20)23)12-9-6-7-10-13-19(24)25/h6,9,15-18,20-23,26H,3-5,7-8,10-14H2,1-2H3,(H,24,25)/t15?,16-,17?,18?,20+,21?/m1/s1. The molecule has 4 unspecified atom stereocenters. The molecule has 1 aliphatic carbocycles. The molecule has 0 spiro atoms. The molecule has 4 N–H and O–H groups in total. The molecule has 152 valence electrons. The van der Waals surface area contributed by atoms with Gasteiger partial charge in [0.2, 0.25) is 0 Å². The van der Waals surface area contributed by atoms with E-state index in [1.807, 2.05) is 19.1 Å². The summed E-state index contributed by atoms with van der Waals surface area (Å²) in [5, 5.41) is 40.1. The average molecular weight is 371 g/mol. The van der Waals surface area contributed by atoms with E-state index in [9.17, 15) is 20.1 Å². The van der Waals surface area contributed by atoms with Gasteiger partial charge in [-0.2, -0.15) is 0 Å². The molecule has 1 rings (SSSR count). The first-order valence-electron chi connectivity index (χ1n) is 10.3. The largest absolute Gasteiger partial charge is 0.481 e. The smallest absolute Gasteiger partial charge is 0.303 e. The Balaban J connectivity index is 2.51. The van der Waals surface area contributed by atoms with Gasteiger partial charge in [-0.05, 0) is 43.9 Å². The number of hydrogen-bond donors (Lipinski definition) is 4. The van der Waals surface area contributed by atoms with E-state index in [0.717, 1.165) is 12.8 Å². The van der Waals surface area contributed by atoms with Crippen molar-refractivity contribution in [2.75, 3.05) is 0 Å². The molecule has 1 aliphatic rings. The molecule has 0 aromatic rings. The van der Waals surface area contributed by atoms with Crippen molar-refractivity contribution >= 4 is 5.97 Å². The summed E-state index contributed by atoms with van der Waals surface area (Å²) < 4.78 is 0. The molecule has 26 heavy (non-hydrogen) atoms. The van der Waals surface area contributed by atoms with Crippen LogP contribution in [0.15, 0.2) is 12.2 Å². The van der Waals surface area contributed by atoms with Crippen LogP contribution in [0.1, 0.15) is 78.1 Å². The van der Waals surface area contributed by atoms with Gasteiger partial charge < -0.3 is 20.4 Å². The van der Waals surface area contributed by atoms with Crippen molar-refractivity contribution in [1.29, 1.82) is 0 Å². The van der Waals surface area contributed by atoms with Crippen molar-refractivity contribution in [3.8, 4) is 0 Å². The van der Waals surface area contributed by atoms with Gasteiger partial charge in [0, 0.05) is 12.3 Å². The lowest BCUT2D eigenvalue weighted by molar-refractivity contribution is -0.137. The molecule has 0 aromatic carbocycles. The summed E-state index contributed by atoms with van der Waals surface area (Å²) in [5.74, 6) is -1.12. The zero-order valence-electron chi connectivity index (χ0n) is 16.4. The highest BCUT2D eigenvalue weighted by Gasteiger charge is 2.45. The van der Waals surface area contributed by atoms with Gasteiger partial charge >= 0.3 is 5.97 Å². The number of allylic oxidation sites excluding steroid dienone is 2. The third kappa shape index (κ3) is 7.77. The van der Waals surface area contributed by atoms with E-state index in [2.05, 4.69) is 6.92 Å². The predicted octanol–water partition coefficient (Wildman–Crippen LogP) is 3.51. The van der Waals surface area contributed by atoms with Gasteiger partial charge in [-0.25, -0.2) is 0 Å². The minimum atomic E-state index is -0.788. The topological polar surface area (TPSA) is 98.0 Å². The van der Waals surface area contributed by atoms with Gasteiger partial charge in [0.15, 0.2) is 0 Å². The number of carbonyl (C=O) groups is 1. The van der Waals surface area contributed by atoms with Crippen molar-refractivity contribution in [3.05, 3.63) is 12.2 Å². The molecule has 0 bridgehead atoms. The quantitative estimate of drug-likeness (QED) is 0.294. The molecule has 0 saturated heterocycles. The average Bonchev–Trinajstić information content (AvgIpc) is 2.87. The molecule has 5 nitrogen and oxygen atoms in total. The van der Waals surface area contributed by atoms with Gasteiger partial charge in [-0.1, -0.05) is 51.7 Å². The Morgan fingerprint density at radius 1 is 1.12 bits per heavy atom. The summed E-state index contributed by atoms with van der Waals surface area (Å²) in [4.78, 5) is 10.5. The maximum atomic E-state index is 10.8. The molecule has 0 heterocycles. The van der Waals surface area contributed by atoms with Crippen molar-refractivity contribution in [2.45, 2.75) is 96.4 Å². The van der Waals surface area contributed by atoms with Crippen LogP contribution in [0.25, 0.3) is 0 Å². The maximum absolute atomic E-state index is 10.8. The molecule has 1 fully saturated rings. The number of aliphatic hydroxyl groups is 3. The van der Waals surface area contributed by atoms with Gasteiger partial charge in [-0.15, -0.1) is 0 Å². The first-order chi connectivity index (χ1) is 12.4. The van der Waals surface area contributed by atoms with E-state index < -0.39 is 24.3 Å². The molecular weight excluding hydrogens is 332 g/mol. The predicted molar refractivity (Wildman–Crippen MR) is 103 cm³/mol. The van der Waals surface area contributed by atoms with E-state index in [4.69, 9.17) is 5.11 Å². The first kappa shape index (κ1) is 23.1. The molecule has 0 radical (unpaired) electrons. The van der Waals surface area contributed by atoms with Crippen LogP contribution in [0.2, 0.25) is 0 Å². The maximum Gasteiger partial charge on any atom is 0.303 e.